The Morgan fingerprint density at radius 3 is 2.31 bits per heavy atom. The van der Waals surface area contributed by atoms with Crippen molar-refractivity contribution in [1.82, 2.24) is 16.2 Å². The molecule has 0 radical (unpaired) electrons. The summed E-state index contributed by atoms with van der Waals surface area (Å²) in [5.74, 6) is -1.62. The summed E-state index contributed by atoms with van der Waals surface area (Å²) >= 11 is 10.5. The van der Waals surface area contributed by atoms with E-state index in [9.17, 15) is 14.4 Å². The average molecular weight is 459 g/mol. The highest BCUT2D eigenvalue weighted by Crippen LogP contribution is 2.21. The molecule has 0 bridgehead atoms. The van der Waals surface area contributed by atoms with Crippen molar-refractivity contribution >= 4 is 56.6 Å². The molecule has 3 amide bonds. The first kappa shape index (κ1) is 20.4. The number of hydrogen-bond donors (Lipinski definition) is 3. The van der Waals surface area contributed by atoms with Crippen LogP contribution in [0.3, 0.4) is 0 Å². The van der Waals surface area contributed by atoms with Crippen molar-refractivity contribution in [2.24, 2.45) is 5.92 Å². The molecular weight excluding hydrogens is 442 g/mol. The topological polar surface area (TPSA) is 87.3 Å². The molecule has 0 spiro atoms. The van der Waals surface area contributed by atoms with Crippen LogP contribution in [0.25, 0.3) is 0 Å². The number of rotatable bonds is 5. The molecule has 2 rings (SSSR count). The van der Waals surface area contributed by atoms with Crippen LogP contribution in [0.2, 0.25) is 5.02 Å². The van der Waals surface area contributed by atoms with E-state index in [2.05, 4.69) is 32.1 Å². The largest absolute Gasteiger partial charge is 0.340 e. The van der Waals surface area contributed by atoms with Crippen molar-refractivity contribution in [3.63, 3.8) is 0 Å². The second-order valence-corrected chi connectivity index (χ2v) is 8.59. The van der Waals surface area contributed by atoms with E-state index in [0.29, 0.717) is 9.90 Å². The van der Waals surface area contributed by atoms with Gasteiger partial charge in [-0.1, -0.05) is 37.6 Å². The van der Waals surface area contributed by atoms with E-state index in [1.165, 1.54) is 11.3 Å². The number of hydrazine groups is 1. The van der Waals surface area contributed by atoms with Gasteiger partial charge < -0.3 is 5.32 Å². The van der Waals surface area contributed by atoms with Crippen LogP contribution in [0, 0.1) is 5.92 Å². The number of thiophene rings is 1. The molecule has 0 aliphatic carbocycles. The Balaban J connectivity index is 2.00. The van der Waals surface area contributed by atoms with E-state index in [0.717, 1.165) is 3.79 Å². The Bertz CT molecular complexity index is 825. The predicted molar refractivity (Wildman–Crippen MR) is 105 cm³/mol. The van der Waals surface area contributed by atoms with E-state index < -0.39 is 23.8 Å². The first-order chi connectivity index (χ1) is 12.3. The van der Waals surface area contributed by atoms with Crippen LogP contribution < -0.4 is 16.2 Å². The van der Waals surface area contributed by atoms with Gasteiger partial charge in [-0.05, 0) is 46.1 Å². The van der Waals surface area contributed by atoms with Crippen molar-refractivity contribution in [3.05, 3.63) is 55.6 Å². The number of hydrogen-bond acceptors (Lipinski definition) is 4. The molecule has 3 N–H and O–H groups in total. The first-order valence-corrected chi connectivity index (χ1v) is 9.69. The zero-order chi connectivity index (χ0) is 19.3. The van der Waals surface area contributed by atoms with Crippen molar-refractivity contribution in [1.29, 1.82) is 0 Å². The Hall–Kier alpha value is -1.90. The Morgan fingerprint density at radius 1 is 1.04 bits per heavy atom. The second-order valence-electron chi connectivity index (χ2n) is 5.72. The lowest BCUT2D eigenvalue weighted by molar-refractivity contribution is -0.124. The molecule has 1 atom stereocenters. The van der Waals surface area contributed by atoms with Crippen molar-refractivity contribution in [2.45, 2.75) is 19.9 Å². The summed E-state index contributed by atoms with van der Waals surface area (Å²) in [4.78, 5) is 37.2. The summed E-state index contributed by atoms with van der Waals surface area (Å²) < 4.78 is 0.807. The van der Waals surface area contributed by atoms with Crippen molar-refractivity contribution in [2.75, 3.05) is 0 Å². The summed E-state index contributed by atoms with van der Waals surface area (Å²) in [6.45, 7) is 3.57. The third-order valence-corrected chi connectivity index (χ3v) is 5.40. The average Bonchev–Trinajstić information content (AvgIpc) is 3.03. The van der Waals surface area contributed by atoms with Gasteiger partial charge in [0.1, 0.15) is 6.04 Å². The van der Waals surface area contributed by atoms with Crippen LogP contribution in [0.4, 0.5) is 0 Å². The highest BCUT2D eigenvalue weighted by Gasteiger charge is 2.26. The van der Waals surface area contributed by atoms with E-state index in [1.807, 2.05) is 0 Å². The zero-order valence-corrected chi connectivity index (χ0v) is 17.2. The second kappa shape index (κ2) is 9.16. The molecule has 0 unspecified atom stereocenters. The lowest BCUT2D eigenvalue weighted by Gasteiger charge is -2.22. The molecule has 1 heterocycles. The monoisotopic (exact) mass is 457 g/mol. The van der Waals surface area contributed by atoms with Gasteiger partial charge in [-0.25, -0.2) is 0 Å². The zero-order valence-electron chi connectivity index (χ0n) is 14.0. The first-order valence-electron chi connectivity index (χ1n) is 7.70. The van der Waals surface area contributed by atoms with Gasteiger partial charge in [0.25, 0.3) is 17.7 Å². The quantitative estimate of drug-likeness (QED) is 0.600. The standard InChI is InChI=1S/C17H17BrClN3O3S/c1-9(2)14(20-15(23)10-5-3-4-6-11(10)19)17(25)22-21-16(24)12-7-8-13(18)26-12/h3-9,14H,1-2H3,(H,20,23)(H,21,24)(H,22,25)/t14-/m0/s1. The normalized spacial score (nSPS) is 11.7. The van der Waals surface area contributed by atoms with E-state index in [4.69, 9.17) is 11.6 Å². The number of carbonyl (C=O) groups excluding carboxylic acids is 3. The number of benzene rings is 1. The molecule has 1 aromatic heterocycles. The fraction of sp³-hybridized carbons (Fsp3) is 0.235. The minimum Gasteiger partial charge on any atom is -0.340 e. The van der Waals surface area contributed by atoms with Gasteiger partial charge in [0.2, 0.25) is 0 Å². The summed E-state index contributed by atoms with van der Waals surface area (Å²) in [6.07, 6.45) is 0. The lowest BCUT2D eigenvalue weighted by atomic mass is 10.0. The lowest BCUT2D eigenvalue weighted by Crippen LogP contribution is -2.54. The molecule has 2 aromatic rings. The third kappa shape index (κ3) is 5.30. The smallest absolute Gasteiger partial charge is 0.279 e. The van der Waals surface area contributed by atoms with Gasteiger partial charge in [0.05, 0.1) is 19.2 Å². The molecule has 9 heteroatoms. The summed E-state index contributed by atoms with van der Waals surface area (Å²) in [5, 5.41) is 2.95. The molecule has 0 saturated heterocycles. The van der Waals surface area contributed by atoms with Crippen molar-refractivity contribution < 1.29 is 14.4 Å². The van der Waals surface area contributed by atoms with Gasteiger partial charge in [0, 0.05) is 0 Å². The summed E-state index contributed by atoms with van der Waals surface area (Å²) in [6, 6.07) is 9.10. The Morgan fingerprint density at radius 2 is 1.73 bits per heavy atom. The van der Waals surface area contributed by atoms with Crippen LogP contribution >= 0.6 is 38.9 Å². The molecule has 1 aromatic carbocycles. The molecule has 6 nitrogen and oxygen atoms in total. The molecule has 0 aliphatic rings. The van der Waals surface area contributed by atoms with Crippen LogP contribution in [-0.2, 0) is 4.79 Å². The molecular formula is C17H17BrClN3O3S. The maximum atomic E-state index is 12.4. The van der Waals surface area contributed by atoms with Gasteiger partial charge >= 0.3 is 0 Å². The van der Waals surface area contributed by atoms with Crippen molar-refractivity contribution in [3.8, 4) is 0 Å². The number of nitrogens with one attached hydrogen (secondary N) is 3. The van der Waals surface area contributed by atoms with Crippen LogP contribution in [0.5, 0.6) is 0 Å². The fourth-order valence-electron chi connectivity index (χ4n) is 2.09. The maximum Gasteiger partial charge on any atom is 0.279 e. The molecule has 0 fully saturated rings. The summed E-state index contributed by atoms with van der Waals surface area (Å²) in [5.41, 5.74) is 4.97. The number of amides is 3. The SMILES string of the molecule is CC(C)[C@H](NC(=O)c1ccccc1Cl)C(=O)NNC(=O)c1ccc(Br)s1. The third-order valence-electron chi connectivity index (χ3n) is 3.45. The molecule has 138 valence electrons. The fourth-order valence-corrected chi connectivity index (χ4v) is 3.60. The minimum atomic E-state index is -0.839. The number of halogens is 2. The van der Waals surface area contributed by atoms with Crippen LogP contribution in [0.1, 0.15) is 33.9 Å². The van der Waals surface area contributed by atoms with Gasteiger partial charge in [0.15, 0.2) is 0 Å². The van der Waals surface area contributed by atoms with Gasteiger partial charge in [-0.2, -0.15) is 0 Å². The minimum absolute atomic E-state index is 0.200. The van der Waals surface area contributed by atoms with E-state index in [-0.39, 0.29) is 11.5 Å². The Labute approximate surface area is 168 Å². The van der Waals surface area contributed by atoms with Gasteiger partial charge in [-0.15, -0.1) is 11.3 Å². The maximum absolute atomic E-state index is 12.4. The van der Waals surface area contributed by atoms with Crippen LogP contribution in [-0.4, -0.2) is 23.8 Å². The van der Waals surface area contributed by atoms with E-state index in [1.54, 1.807) is 50.2 Å². The molecule has 0 aliphatic heterocycles. The van der Waals surface area contributed by atoms with E-state index >= 15 is 0 Å². The highest BCUT2D eigenvalue weighted by molar-refractivity contribution is 9.11. The van der Waals surface area contributed by atoms with Crippen LogP contribution in [0.15, 0.2) is 40.2 Å². The Kier molecular flexibility index (Phi) is 7.19. The number of carbonyl (C=O) groups is 3. The summed E-state index contributed by atoms with van der Waals surface area (Å²) in [7, 11) is 0. The predicted octanol–water partition coefficient (Wildman–Crippen LogP) is 3.38. The highest BCUT2D eigenvalue weighted by atomic mass is 79.9. The molecule has 26 heavy (non-hydrogen) atoms. The van der Waals surface area contributed by atoms with Gasteiger partial charge in [-0.3, -0.25) is 25.2 Å². The molecule has 0 saturated carbocycles.